The number of carbonyl (C=O) groups is 2. The van der Waals surface area contributed by atoms with Crippen LogP contribution in [-0.2, 0) is 47.7 Å². The summed E-state index contributed by atoms with van der Waals surface area (Å²) in [5.41, 5.74) is 8.54. The zero-order valence-electron chi connectivity index (χ0n) is 34.0. The Kier molecular flexibility index (Phi) is 14.3. The molecule has 0 radical (unpaired) electrons. The molecule has 6 rings (SSSR count). The van der Waals surface area contributed by atoms with E-state index in [0.29, 0.717) is 13.0 Å². The first-order valence-corrected chi connectivity index (χ1v) is 23.3. The fourth-order valence-corrected chi connectivity index (χ4v) is 9.75. The summed E-state index contributed by atoms with van der Waals surface area (Å²) in [5, 5.41) is 18.5. The Balaban J connectivity index is 1.08. The van der Waals surface area contributed by atoms with Gasteiger partial charge in [-0.3, -0.25) is 23.7 Å². The van der Waals surface area contributed by atoms with Crippen LogP contribution in [0.15, 0.2) is 53.6 Å². The molecule has 0 saturated carbocycles. The summed E-state index contributed by atoms with van der Waals surface area (Å²) in [6, 6.07) is 14.6. The summed E-state index contributed by atoms with van der Waals surface area (Å²) in [6.45, 7) is -0.814. The number of phosphoric acid groups is 3. The number of anilines is 3. The molecular formula is C34H46N10O16P3+. The van der Waals surface area contributed by atoms with Gasteiger partial charge in [-0.25, -0.2) is 23.5 Å². The molecule has 5 aromatic rings. The van der Waals surface area contributed by atoms with Crippen LogP contribution in [0, 0.1) is 0 Å². The van der Waals surface area contributed by atoms with Crippen LogP contribution in [0.2, 0.25) is 0 Å². The number of carbonyl (C=O) groups excluding carboxylic acids is 2. The minimum Gasteiger partial charge on any atom is -0.440 e. The Hall–Kier alpha value is -5.07. The molecule has 1 fully saturated rings. The zero-order chi connectivity index (χ0) is 46.0. The van der Waals surface area contributed by atoms with Crippen molar-refractivity contribution in [3.8, 4) is 0 Å². The molecule has 6 atom stereocenters. The van der Waals surface area contributed by atoms with Crippen molar-refractivity contribution >= 4 is 85.8 Å². The molecule has 29 heteroatoms. The number of nitrogens with one attached hydrogen (secondary N) is 3. The number of amides is 2. The van der Waals surface area contributed by atoms with E-state index in [0.717, 1.165) is 44.1 Å². The van der Waals surface area contributed by atoms with E-state index in [-0.39, 0.29) is 42.5 Å². The number of nitrogens with two attached hydrogens (primary N) is 1. The molecule has 0 bridgehead atoms. The highest BCUT2D eigenvalue weighted by atomic mass is 31.3. The number of rotatable bonds is 18. The van der Waals surface area contributed by atoms with Crippen LogP contribution in [-0.4, -0.2) is 122 Å². The van der Waals surface area contributed by atoms with Crippen LogP contribution in [0.25, 0.3) is 33.0 Å². The highest BCUT2D eigenvalue weighted by molar-refractivity contribution is 7.66. The highest BCUT2D eigenvalue weighted by Crippen LogP contribution is 2.66. The predicted molar refractivity (Wildman–Crippen MR) is 223 cm³/mol. The summed E-state index contributed by atoms with van der Waals surface area (Å²) in [7, 11) is -9.43. The summed E-state index contributed by atoms with van der Waals surface area (Å²) in [6.07, 6.45) is -6.36. The molecular weight excluding hydrogens is 897 g/mol. The third kappa shape index (κ3) is 11.7. The number of hydrogen-bond acceptors (Lipinski definition) is 17. The maximum Gasteiger partial charge on any atom is 0.490 e. The second kappa shape index (κ2) is 19.0. The number of phosphoric ester groups is 1. The Labute approximate surface area is 357 Å². The van der Waals surface area contributed by atoms with Gasteiger partial charge in [0.15, 0.2) is 23.5 Å². The lowest BCUT2D eigenvalue weighted by molar-refractivity contribution is -0.645. The van der Waals surface area contributed by atoms with Gasteiger partial charge in [-0.2, -0.15) is 18.2 Å². The van der Waals surface area contributed by atoms with Crippen molar-refractivity contribution in [3.63, 3.8) is 0 Å². The first-order chi connectivity index (χ1) is 29.5. The molecule has 0 spiro atoms. The van der Waals surface area contributed by atoms with Crippen LogP contribution in [0.5, 0.6) is 0 Å². The number of benzene rings is 2. The minimum absolute atomic E-state index is 0.0405. The molecule has 2 unspecified atom stereocenters. The Morgan fingerprint density at radius 1 is 0.937 bits per heavy atom. The van der Waals surface area contributed by atoms with Crippen LogP contribution >= 0.6 is 23.5 Å². The lowest BCUT2D eigenvalue weighted by Gasteiger charge is -2.22. The van der Waals surface area contributed by atoms with E-state index in [1.165, 1.54) is 0 Å². The summed E-state index contributed by atoms with van der Waals surface area (Å²) < 4.78 is 61.8. The molecule has 0 aliphatic carbocycles. The van der Waals surface area contributed by atoms with Gasteiger partial charge in [0.1, 0.15) is 18.8 Å². The molecule has 1 aliphatic heterocycles. The number of pyridine rings is 1. The lowest BCUT2D eigenvalue weighted by atomic mass is 10.1. The average molecular weight is 944 g/mol. The molecule has 3 aromatic heterocycles. The smallest absolute Gasteiger partial charge is 0.440 e. The number of ether oxygens (including phenoxy) is 2. The molecule has 1 aliphatic rings. The Morgan fingerprint density at radius 2 is 1.56 bits per heavy atom. The number of hydrogen-bond donors (Lipinski definition) is 9. The molecule has 4 heterocycles. The van der Waals surface area contributed by atoms with Crippen molar-refractivity contribution in [3.05, 3.63) is 59.1 Å². The van der Waals surface area contributed by atoms with Crippen LogP contribution in [0.4, 0.5) is 22.1 Å². The topological polar surface area (TPSA) is 357 Å². The van der Waals surface area contributed by atoms with Crippen molar-refractivity contribution in [2.24, 2.45) is 0 Å². The number of fused-ring (bicyclic) bond motifs is 3. The van der Waals surface area contributed by atoms with E-state index in [4.69, 9.17) is 25.0 Å². The largest absolute Gasteiger partial charge is 0.490 e. The van der Waals surface area contributed by atoms with Gasteiger partial charge in [-0.05, 0) is 30.3 Å². The lowest BCUT2D eigenvalue weighted by Crippen LogP contribution is -2.42. The number of aromatic amines is 1. The number of aromatic nitrogens is 5. The highest BCUT2D eigenvalue weighted by Gasteiger charge is 2.50. The number of nitrogen functional groups attached to an aromatic ring is 1. The predicted octanol–water partition coefficient (Wildman–Crippen LogP) is 0.721. The van der Waals surface area contributed by atoms with Crippen molar-refractivity contribution in [1.29, 1.82) is 0 Å². The maximum absolute atomic E-state index is 13.0. The number of alkyl carbamates (subject to hydrolysis) is 1. The second-order valence-electron chi connectivity index (χ2n) is 14.5. The molecule has 342 valence electrons. The van der Waals surface area contributed by atoms with Gasteiger partial charge in [0.2, 0.25) is 22.9 Å². The Bertz CT molecular complexity index is 2660. The third-order valence-corrected chi connectivity index (χ3v) is 13.4. The van der Waals surface area contributed by atoms with E-state index < -0.39 is 66.3 Å². The minimum atomic E-state index is -5.89. The van der Waals surface area contributed by atoms with Gasteiger partial charge >= 0.3 is 29.6 Å². The second-order valence-corrected chi connectivity index (χ2v) is 19.0. The van der Waals surface area contributed by atoms with Gasteiger partial charge < -0.3 is 60.3 Å². The fourth-order valence-electron chi connectivity index (χ4n) is 6.72. The van der Waals surface area contributed by atoms with Crippen molar-refractivity contribution < 1.29 is 75.2 Å². The summed E-state index contributed by atoms with van der Waals surface area (Å²) in [5.74, 6) is -0.632. The number of aliphatic hydroxyl groups excluding tert-OH is 1. The molecule has 2 amide bonds. The van der Waals surface area contributed by atoms with Crippen LogP contribution in [0.3, 0.4) is 0 Å². The average Bonchev–Trinajstić information content (AvgIpc) is 3.73. The number of H-pyrrole nitrogens is 1. The van der Waals surface area contributed by atoms with E-state index in [1.807, 2.05) is 50.1 Å². The maximum atomic E-state index is 13.0. The van der Waals surface area contributed by atoms with Crippen LogP contribution in [0.1, 0.15) is 19.1 Å². The van der Waals surface area contributed by atoms with Gasteiger partial charge in [0.05, 0.1) is 12.9 Å². The van der Waals surface area contributed by atoms with E-state index in [1.54, 1.807) is 0 Å². The van der Waals surface area contributed by atoms with Crippen molar-refractivity contribution in [2.45, 2.75) is 43.9 Å². The van der Waals surface area contributed by atoms with Gasteiger partial charge in [0, 0.05) is 88.4 Å². The van der Waals surface area contributed by atoms with E-state index >= 15 is 0 Å². The zero-order valence-corrected chi connectivity index (χ0v) is 36.7. The van der Waals surface area contributed by atoms with Crippen molar-refractivity contribution in [1.82, 2.24) is 30.2 Å². The molecule has 1 saturated heterocycles. The Morgan fingerprint density at radius 3 is 2.16 bits per heavy atom. The normalized spacial score (nSPS) is 19.8. The molecule has 10 N–H and O–H groups in total. The number of imidazole rings is 1. The van der Waals surface area contributed by atoms with Gasteiger partial charge in [-0.1, -0.05) is 0 Å². The standard InChI is InChI=1S/C34H45N10O16P3/c1-41(2)21-9-7-19-14-20-8-10-22(42(3)4)16-24(20)43(23(19)15-21)13-5-6-26(45)36-11-12-37-34(48)58-29-25(17-56-62(52,53)60-63(54,55)59-61(49,50)51)57-32(28(29)46)44-18-38-27-30(44)39-33(35)40-31(27)47/h7-10,14-16,18,25,28-29,32,46H,5-6,11-13,17H2,1-4H3,(H8-,35,36,37,39,40,45,47,48,49,50,51,52,53,54,55)/p+1/t25-,28-,29-,32-/m1/s1. The van der Waals surface area contributed by atoms with Gasteiger partial charge in [0.25, 0.3) is 5.56 Å². The quantitative estimate of drug-likeness (QED) is 0.0253. The summed E-state index contributed by atoms with van der Waals surface area (Å²) in [4.78, 5) is 89.6. The SMILES string of the molecule is CN(C)c1ccc2cc3ccc(N(C)C)cc3[n+](CCCC(=O)NCCNC(=O)O[C@H]3[C@@H](O)[C@H](n4cnc5c(=O)[nH]c(N)nc54)O[C@@H]3COP(=O)(O)OP(=O)(O)OP(=O)(O)O)c2c1. The van der Waals surface area contributed by atoms with Crippen molar-refractivity contribution in [2.75, 3.05) is 63.4 Å². The monoisotopic (exact) mass is 943 g/mol. The molecule has 26 nitrogen and oxygen atoms in total. The first kappa shape index (κ1) is 47.4. The fraction of sp³-hybridized carbons (Fsp3) is 0.412. The third-order valence-electron chi connectivity index (χ3n) is 9.55. The summed E-state index contributed by atoms with van der Waals surface area (Å²) >= 11 is 0. The number of nitrogens with zero attached hydrogens (tertiary/aromatic N) is 6. The van der Waals surface area contributed by atoms with Crippen LogP contribution < -0.4 is 36.3 Å². The molecule has 2 aromatic carbocycles. The molecule has 63 heavy (non-hydrogen) atoms. The van der Waals surface area contributed by atoms with Gasteiger partial charge in [-0.15, -0.1) is 0 Å². The van der Waals surface area contributed by atoms with E-state index in [2.05, 4.69) is 73.6 Å². The van der Waals surface area contributed by atoms with E-state index in [9.17, 15) is 43.0 Å². The first-order valence-electron chi connectivity index (χ1n) is 18.8. The number of aliphatic hydroxyl groups is 1. The number of aryl methyl sites for hydroxylation is 1.